The molecule has 2 aromatic heterocycles. The molecule has 0 aliphatic rings. The third kappa shape index (κ3) is 2.71. The van der Waals surface area contributed by atoms with Gasteiger partial charge in [-0.25, -0.2) is 9.37 Å². The number of pyridine rings is 1. The number of thiophene rings is 1. The van der Waals surface area contributed by atoms with Crippen molar-refractivity contribution in [1.29, 1.82) is 5.26 Å². The molecular weight excluding hydrogens is 353 g/mol. The van der Waals surface area contributed by atoms with Crippen molar-refractivity contribution in [1.82, 2.24) is 4.98 Å². The maximum absolute atomic E-state index is 13.1. The molecule has 1 aromatic carbocycles. The first kappa shape index (κ1) is 16.0. The molecule has 9 heteroatoms. The molecule has 0 aliphatic carbocycles. The van der Waals surface area contributed by atoms with Crippen LogP contribution in [0.4, 0.5) is 21.6 Å². The van der Waals surface area contributed by atoms with E-state index in [4.69, 9.17) is 28.3 Å². The van der Waals surface area contributed by atoms with E-state index in [1.54, 1.807) is 0 Å². The van der Waals surface area contributed by atoms with Crippen molar-refractivity contribution in [2.24, 2.45) is 0 Å². The molecule has 0 unspecified atom stereocenters. The second kappa shape index (κ2) is 5.96. The van der Waals surface area contributed by atoms with E-state index in [2.05, 4.69) is 10.3 Å². The molecule has 3 aromatic rings. The van der Waals surface area contributed by atoms with Gasteiger partial charge >= 0.3 is 0 Å². The fourth-order valence-corrected chi connectivity index (χ4v) is 3.28. The number of nitriles is 1. The van der Waals surface area contributed by atoms with Gasteiger partial charge in [-0.2, -0.15) is 5.26 Å². The molecule has 0 saturated carbocycles. The largest absolute Gasteiger partial charge is 0.397 e. The molecule has 0 aliphatic heterocycles. The Labute approximate surface area is 144 Å². The highest BCUT2D eigenvalue weighted by Crippen LogP contribution is 2.35. The molecule has 1 amide bonds. The second-order valence-electron chi connectivity index (χ2n) is 4.81. The lowest BCUT2D eigenvalue weighted by Gasteiger charge is -2.06. The summed E-state index contributed by atoms with van der Waals surface area (Å²) < 4.78 is 13.1. The standard InChI is InChI=1S/C15H9ClFN5OS/c16-9-4-7(17)1-2-10(9)21-14(23)12-11(19)8-3-6(5-18)13(20)22-15(8)24-12/h1-4H,19H2,(H2,20,22)(H,21,23). The number of halogens is 2. The fourth-order valence-electron chi connectivity index (χ4n) is 2.08. The Bertz CT molecular complexity index is 1030. The van der Waals surface area contributed by atoms with Crippen molar-refractivity contribution < 1.29 is 9.18 Å². The Morgan fingerprint density at radius 2 is 2.12 bits per heavy atom. The molecule has 0 spiro atoms. The first-order valence-electron chi connectivity index (χ1n) is 6.55. The van der Waals surface area contributed by atoms with Gasteiger partial charge in [0.15, 0.2) is 0 Å². The Morgan fingerprint density at radius 1 is 1.38 bits per heavy atom. The summed E-state index contributed by atoms with van der Waals surface area (Å²) >= 11 is 6.93. The number of carbonyl (C=O) groups excluding carboxylic acids is 1. The fraction of sp³-hybridized carbons (Fsp3) is 0. The van der Waals surface area contributed by atoms with Crippen molar-refractivity contribution in [3.8, 4) is 6.07 Å². The smallest absolute Gasteiger partial charge is 0.267 e. The van der Waals surface area contributed by atoms with E-state index in [0.717, 1.165) is 17.4 Å². The number of carbonyl (C=O) groups is 1. The summed E-state index contributed by atoms with van der Waals surface area (Å²) in [7, 11) is 0. The molecular formula is C15H9ClFN5OS. The lowest BCUT2D eigenvalue weighted by atomic mass is 10.2. The zero-order chi connectivity index (χ0) is 17.4. The summed E-state index contributed by atoms with van der Waals surface area (Å²) in [6, 6.07) is 7.02. The predicted molar refractivity (Wildman–Crippen MR) is 92.5 cm³/mol. The molecule has 0 saturated heterocycles. The number of nitrogens with two attached hydrogens (primary N) is 2. The number of nitrogen functional groups attached to an aromatic ring is 2. The maximum atomic E-state index is 13.1. The number of benzene rings is 1. The van der Waals surface area contributed by atoms with Gasteiger partial charge in [0.25, 0.3) is 5.91 Å². The van der Waals surface area contributed by atoms with E-state index in [1.807, 2.05) is 6.07 Å². The highest BCUT2D eigenvalue weighted by atomic mass is 35.5. The van der Waals surface area contributed by atoms with Crippen LogP contribution in [0.3, 0.4) is 0 Å². The summed E-state index contributed by atoms with van der Waals surface area (Å²) in [6.45, 7) is 0. The highest BCUT2D eigenvalue weighted by Gasteiger charge is 2.19. The molecule has 3 rings (SSSR count). The van der Waals surface area contributed by atoms with Crippen LogP contribution in [-0.4, -0.2) is 10.9 Å². The van der Waals surface area contributed by atoms with Gasteiger partial charge < -0.3 is 16.8 Å². The minimum Gasteiger partial charge on any atom is -0.397 e. The lowest BCUT2D eigenvalue weighted by molar-refractivity contribution is 0.103. The Hall–Kier alpha value is -2.89. The van der Waals surface area contributed by atoms with Crippen molar-refractivity contribution in [3.05, 3.63) is 45.5 Å². The van der Waals surface area contributed by atoms with Crippen LogP contribution in [0.2, 0.25) is 5.02 Å². The normalized spacial score (nSPS) is 10.5. The molecule has 0 radical (unpaired) electrons. The maximum Gasteiger partial charge on any atom is 0.267 e. The quantitative estimate of drug-likeness (QED) is 0.646. The molecule has 2 heterocycles. The van der Waals surface area contributed by atoms with Crippen LogP contribution in [0, 0.1) is 17.1 Å². The number of fused-ring (bicyclic) bond motifs is 1. The average Bonchev–Trinajstić information content (AvgIpc) is 2.85. The number of hydrogen-bond acceptors (Lipinski definition) is 6. The summed E-state index contributed by atoms with van der Waals surface area (Å²) in [5.74, 6) is -0.955. The molecule has 0 bridgehead atoms. The second-order valence-corrected chi connectivity index (χ2v) is 6.22. The van der Waals surface area contributed by atoms with Crippen LogP contribution in [0.5, 0.6) is 0 Å². The van der Waals surface area contributed by atoms with Gasteiger partial charge in [0.2, 0.25) is 0 Å². The van der Waals surface area contributed by atoms with E-state index in [9.17, 15) is 9.18 Å². The summed E-state index contributed by atoms with van der Waals surface area (Å²) in [5, 5.41) is 12.1. The Morgan fingerprint density at radius 3 is 2.79 bits per heavy atom. The number of amides is 1. The first-order valence-corrected chi connectivity index (χ1v) is 7.75. The van der Waals surface area contributed by atoms with Crippen LogP contribution in [-0.2, 0) is 0 Å². The molecule has 6 nitrogen and oxygen atoms in total. The van der Waals surface area contributed by atoms with Crippen LogP contribution in [0.15, 0.2) is 24.3 Å². The molecule has 0 atom stereocenters. The molecule has 120 valence electrons. The summed E-state index contributed by atoms with van der Waals surface area (Å²) in [4.78, 5) is 17.2. The van der Waals surface area contributed by atoms with E-state index < -0.39 is 11.7 Å². The van der Waals surface area contributed by atoms with Crippen LogP contribution < -0.4 is 16.8 Å². The Kier molecular flexibility index (Phi) is 3.97. The van der Waals surface area contributed by atoms with Crippen LogP contribution >= 0.6 is 22.9 Å². The Balaban J connectivity index is 2.01. The van der Waals surface area contributed by atoms with Gasteiger partial charge in [-0.05, 0) is 24.3 Å². The number of anilines is 3. The van der Waals surface area contributed by atoms with Gasteiger partial charge in [0, 0.05) is 5.39 Å². The number of hydrogen-bond donors (Lipinski definition) is 3. The first-order chi connectivity index (χ1) is 11.4. The minimum absolute atomic E-state index is 0.0668. The third-order valence-electron chi connectivity index (χ3n) is 3.26. The van der Waals surface area contributed by atoms with Gasteiger partial charge in [-0.15, -0.1) is 11.3 Å². The van der Waals surface area contributed by atoms with Crippen molar-refractivity contribution in [2.45, 2.75) is 0 Å². The predicted octanol–water partition coefficient (Wildman–Crippen LogP) is 3.38. The van der Waals surface area contributed by atoms with Crippen molar-refractivity contribution >= 4 is 56.3 Å². The zero-order valence-electron chi connectivity index (χ0n) is 11.9. The average molecular weight is 362 g/mol. The summed E-state index contributed by atoms with van der Waals surface area (Å²) in [6.07, 6.45) is 0. The van der Waals surface area contributed by atoms with Crippen molar-refractivity contribution in [2.75, 3.05) is 16.8 Å². The number of rotatable bonds is 2. The highest BCUT2D eigenvalue weighted by molar-refractivity contribution is 7.21. The van der Waals surface area contributed by atoms with Gasteiger partial charge in [-0.1, -0.05) is 11.6 Å². The van der Waals surface area contributed by atoms with Crippen molar-refractivity contribution in [3.63, 3.8) is 0 Å². The van der Waals surface area contributed by atoms with Crippen LogP contribution in [0.1, 0.15) is 15.2 Å². The number of nitrogens with one attached hydrogen (secondary N) is 1. The van der Waals surface area contributed by atoms with E-state index in [0.29, 0.717) is 10.2 Å². The zero-order valence-corrected chi connectivity index (χ0v) is 13.5. The summed E-state index contributed by atoms with van der Waals surface area (Å²) in [5.41, 5.74) is 12.3. The minimum atomic E-state index is -0.513. The van der Waals surface area contributed by atoms with E-state index >= 15 is 0 Å². The third-order valence-corrected chi connectivity index (χ3v) is 4.68. The molecule has 24 heavy (non-hydrogen) atoms. The SMILES string of the molecule is N#Cc1cc2c(N)c(C(=O)Nc3ccc(F)cc3Cl)sc2nc1N. The van der Waals surface area contributed by atoms with Crippen LogP contribution in [0.25, 0.3) is 10.2 Å². The monoisotopic (exact) mass is 361 g/mol. The van der Waals surface area contributed by atoms with E-state index in [-0.39, 0.29) is 32.7 Å². The lowest BCUT2D eigenvalue weighted by Crippen LogP contribution is -2.12. The number of nitrogens with zero attached hydrogens (tertiary/aromatic N) is 2. The number of aromatic nitrogens is 1. The molecule has 5 N–H and O–H groups in total. The van der Waals surface area contributed by atoms with Gasteiger partial charge in [0.1, 0.15) is 27.4 Å². The molecule has 0 fully saturated rings. The van der Waals surface area contributed by atoms with Gasteiger partial charge in [-0.3, -0.25) is 4.79 Å². The van der Waals surface area contributed by atoms with E-state index in [1.165, 1.54) is 18.2 Å². The van der Waals surface area contributed by atoms with Gasteiger partial charge in [0.05, 0.1) is 22.0 Å². The topological polar surface area (TPSA) is 118 Å².